The Morgan fingerprint density at radius 2 is 2.00 bits per heavy atom. The Kier molecular flexibility index (Phi) is 3.89. The molecule has 2 rings (SSSR count). The lowest BCUT2D eigenvalue weighted by Crippen LogP contribution is -2.03. The maximum absolute atomic E-state index is 11.3. The fourth-order valence-electron chi connectivity index (χ4n) is 1.74. The predicted molar refractivity (Wildman–Crippen MR) is 71.2 cm³/mol. The summed E-state index contributed by atoms with van der Waals surface area (Å²) in [7, 11) is 0. The van der Waals surface area contributed by atoms with Gasteiger partial charge in [-0.15, -0.1) is 0 Å². The molecule has 0 amide bonds. The number of furan rings is 1. The van der Waals surface area contributed by atoms with Crippen LogP contribution in [0.15, 0.2) is 40.8 Å². The number of carbonyl (C=O) groups excluding carboxylic acids is 1. The first-order valence-corrected chi connectivity index (χ1v) is 6.08. The first-order valence-electron chi connectivity index (χ1n) is 6.08. The van der Waals surface area contributed by atoms with E-state index >= 15 is 0 Å². The van der Waals surface area contributed by atoms with Gasteiger partial charge in [-0.1, -0.05) is 12.1 Å². The highest BCUT2D eigenvalue weighted by atomic mass is 16.5. The van der Waals surface area contributed by atoms with E-state index in [-0.39, 0.29) is 11.5 Å². The Labute approximate surface area is 115 Å². The van der Waals surface area contributed by atoms with E-state index in [1.54, 1.807) is 37.3 Å². The van der Waals surface area contributed by atoms with Crippen LogP contribution in [0.4, 0.5) is 0 Å². The number of rotatable bonds is 5. The van der Waals surface area contributed by atoms with Gasteiger partial charge in [-0.3, -0.25) is 4.79 Å². The fraction of sp³-hybridized carbons (Fsp3) is 0.200. The van der Waals surface area contributed by atoms with E-state index in [1.165, 1.54) is 13.0 Å². The summed E-state index contributed by atoms with van der Waals surface area (Å²) in [5.74, 6) is -0.363. The Balaban J connectivity index is 2.14. The van der Waals surface area contributed by atoms with E-state index in [9.17, 15) is 9.59 Å². The van der Waals surface area contributed by atoms with Crippen molar-refractivity contribution in [2.75, 3.05) is 0 Å². The zero-order valence-corrected chi connectivity index (χ0v) is 11.1. The van der Waals surface area contributed by atoms with Crippen LogP contribution < -0.4 is 4.74 Å². The topological polar surface area (TPSA) is 76.7 Å². The summed E-state index contributed by atoms with van der Waals surface area (Å²) in [6, 6.07) is 9.73. The molecule has 5 heteroatoms. The van der Waals surface area contributed by atoms with Crippen LogP contribution >= 0.6 is 0 Å². The zero-order valence-electron chi connectivity index (χ0n) is 11.1. The summed E-state index contributed by atoms with van der Waals surface area (Å²) in [4.78, 5) is 22.0. The van der Waals surface area contributed by atoms with Crippen molar-refractivity contribution in [1.29, 1.82) is 0 Å². The van der Waals surface area contributed by atoms with E-state index in [4.69, 9.17) is 14.3 Å². The summed E-state index contributed by atoms with van der Waals surface area (Å²) in [6.45, 7) is 3.22. The first-order chi connectivity index (χ1) is 9.47. The van der Waals surface area contributed by atoms with Gasteiger partial charge in [0.05, 0.1) is 0 Å². The second kappa shape index (κ2) is 5.61. The molecule has 0 aliphatic carbocycles. The molecule has 0 bridgehead atoms. The van der Waals surface area contributed by atoms with Crippen LogP contribution in [0.3, 0.4) is 0 Å². The normalized spacial score (nSPS) is 11.9. The fourth-order valence-corrected chi connectivity index (χ4v) is 1.74. The number of carboxylic acids is 1. The van der Waals surface area contributed by atoms with Crippen molar-refractivity contribution in [3.8, 4) is 5.75 Å². The average Bonchev–Trinajstić information content (AvgIpc) is 2.88. The average molecular weight is 274 g/mol. The van der Waals surface area contributed by atoms with Gasteiger partial charge in [-0.05, 0) is 38.1 Å². The van der Waals surface area contributed by atoms with Crippen molar-refractivity contribution < 1.29 is 23.8 Å². The van der Waals surface area contributed by atoms with Gasteiger partial charge in [0, 0.05) is 5.56 Å². The molecule has 0 aliphatic rings. The molecular weight excluding hydrogens is 260 g/mol. The molecule has 1 aromatic carbocycles. The van der Waals surface area contributed by atoms with E-state index in [1.807, 2.05) is 0 Å². The molecule has 0 saturated heterocycles. The second-order valence-corrected chi connectivity index (χ2v) is 4.35. The maximum atomic E-state index is 11.3. The van der Waals surface area contributed by atoms with E-state index in [0.29, 0.717) is 17.1 Å². The SMILES string of the molecule is CC(=O)c1cccc(OC(C)c2ccc(C(=O)O)o2)c1. The lowest BCUT2D eigenvalue weighted by Gasteiger charge is -2.12. The van der Waals surface area contributed by atoms with Crippen molar-refractivity contribution in [2.45, 2.75) is 20.0 Å². The molecule has 0 radical (unpaired) electrons. The third-order valence-corrected chi connectivity index (χ3v) is 2.79. The smallest absolute Gasteiger partial charge is 0.371 e. The molecule has 0 spiro atoms. The van der Waals surface area contributed by atoms with Crippen LogP contribution in [0.5, 0.6) is 5.75 Å². The van der Waals surface area contributed by atoms with E-state index in [0.717, 1.165) is 0 Å². The Morgan fingerprint density at radius 3 is 2.60 bits per heavy atom. The molecule has 1 atom stereocenters. The Bertz CT molecular complexity index is 641. The first kappa shape index (κ1) is 13.9. The highest BCUT2D eigenvalue weighted by Gasteiger charge is 2.15. The number of ether oxygens (including phenoxy) is 1. The number of hydrogen-bond acceptors (Lipinski definition) is 4. The largest absolute Gasteiger partial charge is 0.483 e. The minimum Gasteiger partial charge on any atom is -0.483 e. The molecular formula is C15H14O5. The van der Waals surface area contributed by atoms with Gasteiger partial charge in [-0.25, -0.2) is 4.79 Å². The number of carbonyl (C=O) groups is 2. The van der Waals surface area contributed by atoms with Crippen molar-refractivity contribution >= 4 is 11.8 Å². The summed E-state index contributed by atoms with van der Waals surface area (Å²) < 4.78 is 10.8. The second-order valence-electron chi connectivity index (χ2n) is 4.35. The molecule has 104 valence electrons. The van der Waals surface area contributed by atoms with E-state index in [2.05, 4.69) is 0 Å². The zero-order chi connectivity index (χ0) is 14.7. The number of hydrogen-bond donors (Lipinski definition) is 1. The number of carboxylic acid groups (broad SMARTS) is 1. The summed E-state index contributed by atoms with van der Waals surface area (Å²) in [5, 5.41) is 8.80. The maximum Gasteiger partial charge on any atom is 0.371 e. The van der Waals surface area contributed by atoms with Crippen LogP contribution in [0.25, 0.3) is 0 Å². The molecule has 1 unspecified atom stereocenters. The highest BCUT2D eigenvalue weighted by Crippen LogP contribution is 2.24. The van der Waals surface area contributed by atoms with Crippen molar-refractivity contribution in [3.63, 3.8) is 0 Å². The van der Waals surface area contributed by atoms with Crippen LogP contribution in [0.1, 0.15) is 46.6 Å². The van der Waals surface area contributed by atoms with Gasteiger partial charge in [0.25, 0.3) is 0 Å². The number of aromatic carboxylic acids is 1. The summed E-state index contributed by atoms with van der Waals surface area (Å²) >= 11 is 0. The minimum absolute atomic E-state index is 0.0470. The van der Waals surface area contributed by atoms with Crippen molar-refractivity contribution in [1.82, 2.24) is 0 Å². The van der Waals surface area contributed by atoms with Gasteiger partial charge < -0.3 is 14.3 Å². The summed E-state index contributed by atoms with van der Waals surface area (Å²) in [5.41, 5.74) is 0.556. The van der Waals surface area contributed by atoms with Crippen LogP contribution in [-0.2, 0) is 0 Å². The minimum atomic E-state index is -1.12. The van der Waals surface area contributed by atoms with Gasteiger partial charge in [0.2, 0.25) is 5.76 Å². The molecule has 1 N–H and O–H groups in total. The quantitative estimate of drug-likeness (QED) is 0.846. The van der Waals surface area contributed by atoms with Crippen LogP contribution in [0.2, 0.25) is 0 Å². The monoisotopic (exact) mass is 274 g/mol. The third-order valence-electron chi connectivity index (χ3n) is 2.79. The van der Waals surface area contributed by atoms with E-state index < -0.39 is 12.1 Å². The Hall–Kier alpha value is -2.56. The number of ketones is 1. The molecule has 0 fully saturated rings. The molecule has 20 heavy (non-hydrogen) atoms. The lowest BCUT2D eigenvalue weighted by molar-refractivity contribution is 0.0655. The standard InChI is InChI=1S/C15H14O5/c1-9(16)11-4-3-5-12(8-11)19-10(2)13-6-7-14(20-13)15(17)18/h3-8,10H,1-2H3,(H,17,18). The lowest BCUT2D eigenvalue weighted by atomic mass is 10.1. The van der Waals surface area contributed by atoms with Crippen molar-refractivity contribution in [3.05, 3.63) is 53.5 Å². The molecule has 1 aromatic heterocycles. The predicted octanol–water partition coefficient (Wildman–Crippen LogP) is 3.32. The Morgan fingerprint density at radius 1 is 1.25 bits per heavy atom. The third kappa shape index (κ3) is 3.06. The van der Waals surface area contributed by atoms with Gasteiger partial charge in [0.15, 0.2) is 11.9 Å². The molecule has 1 heterocycles. The molecule has 0 saturated carbocycles. The number of Topliss-reactive ketones (excluding diaryl/α,β-unsaturated/α-hetero) is 1. The van der Waals surface area contributed by atoms with Crippen LogP contribution in [-0.4, -0.2) is 16.9 Å². The summed E-state index contributed by atoms with van der Waals surface area (Å²) in [6.07, 6.45) is -0.453. The van der Waals surface area contributed by atoms with Crippen molar-refractivity contribution in [2.24, 2.45) is 0 Å². The molecule has 5 nitrogen and oxygen atoms in total. The van der Waals surface area contributed by atoms with Gasteiger partial charge >= 0.3 is 5.97 Å². The molecule has 0 aliphatic heterocycles. The van der Waals surface area contributed by atoms with Crippen LogP contribution in [0, 0.1) is 0 Å². The number of benzene rings is 1. The van der Waals surface area contributed by atoms with Gasteiger partial charge in [-0.2, -0.15) is 0 Å². The molecule has 2 aromatic rings. The highest BCUT2D eigenvalue weighted by molar-refractivity contribution is 5.94. The van der Waals surface area contributed by atoms with Gasteiger partial charge in [0.1, 0.15) is 11.5 Å².